The smallest absolute Gasteiger partial charge is 0.0989 e. The maximum atomic E-state index is 9.26. The minimum absolute atomic E-state index is 0.186. The van der Waals surface area contributed by atoms with E-state index in [2.05, 4.69) is 5.32 Å². The molecule has 1 heterocycles. The number of aliphatic hydroxyl groups is 3. The van der Waals surface area contributed by atoms with Crippen LogP contribution in [0.5, 0.6) is 0 Å². The second-order valence-corrected chi connectivity index (χ2v) is 2.78. The van der Waals surface area contributed by atoms with Gasteiger partial charge in [0.25, 0.3) is 0 Å². The first-order chi connectivity index (χ1) is 5.20. The van der Waals surface area contributed by atoms with E-state index in [0.29, 0.717) is 0 Å². The van der Waals surface area contributed by atoms with E-state index >= 15 is 0 Å². The van der Waals surface area contributed by atoms with Crippen molar-refractivity contribution >= 4 is 0 Å². The Bertz CT molecular complexity index is 115. The molecule has 0 radical (unpaired) electrons. The van der Waals surface area contributed by atoms with E-state index in [4.69, 9.17) is 10.8 Å². The Hall–Kier alpha value is -0.200. The normalized spacial score (nSPS) is 44.7. The molecule has 6 N–H and O–H groups in total. The molecule has 0 aromatic heterocycles. The van der Waals surface area contributed by atoms with Crippen molar-refractivity contribution in [2.24, 2.45) is 5.73 Å². The Morgan fingerprint density at radius 2 is 1.73 bits per heavy atom. The van der Waals surface area contributed by atoms with E-state index in [1.165, 1.54) is 0 Å². The fourth-order valence-electron chi connectivity index (χ4n) is 1.32. The van der Waals surface area contributed by atoms with Crippen molar-refractivity contribution in [1.82, 2.24) is 5.32 Å². The van der Waals surface area contributed by atoms with Gasteiger partial charge < -0.3 is 26.4 Å². The van der Waals surface area contributed by atoms with E-state index in [0.717, 1.165) is 0 Å². The summed E-state index contributed by atoms with van der Waals surface area (Å²) in [6, 6.07) is -0.749. The van der Waals surface area contributed by atoms with Gasteiger partial charge in [-0.15, -0.1) is 0 Å². The van der Waals surface area contributed by atoms with Crippen LogP contribution in [0.1, 0.15) is 0 Å². The number of hydrogen-bond acceptors (Lipinski definition) is 5. The highest BCUT2D eigenvalue weighted by Gasteiger charge is 2.39. The fraction of sp³-hybridized carbons (Fsp3) is 1.00. The van der Waals surface area contributed by atoms with Gasteiger partial charge >= 0.3 is 0 Å². The van der Waals surface area contributed by atoms with Gasteiger partial charge in [0.15, 0.2) is 0 Å². The molecule has 0 aromatic carbocycles. The Kier molecular flexibility index (Phi) is 2.80. The topological polar surface area (TPSA) is 98.7 Å². The molecule has 5 heteroatoms. The molecule has 1 rings (SSSR count). The van der Waals surface area contributed by atoms with Gasteiger partial charge in [-0.1, -0.05) is 0 Å². The summed E-state index contributed by atoms with van der Waals surface area (Å²) in [4.78, 5) is 0. The molecule has 0 unspecified atom stereocenters. The minimum Gasteiger partial charge on any atom is -0.395 e. The highest BCUT2D eigenvalue weighted by atomic mass is 16.3. The lowest BCUT2D eigenvalue weighted by atomic mass is 10.1. The Morgan fingerprint density at radius 1 is 1.18 bits per heavy atom. The summed E-state index contributed by atoms with van der Waals surface area (Å²) < 4.78 is 0. The summed E-state index contributed by atoms with van der Waals surface area (Å²) in [5.74, 6) is 0. The monoisotopic (exact) mass is 162 g/mol. The minimum atomic E-state index is -0.909. The second-order valence-electron chi connectivity index (χ2n) is 2.78. The van der Waals surface area contributed by atoms with Crippen LogP contribution in [0.4, 0.5) is 0 Å². The maximum Gasteiger partial charge on any atom is 0.0989 e. The zero-order valence-corrected chi connectivity index (χ0v) is 6.14. The predicted octanol–water partition coefficient (Wildman–Crippen LogP) is -3.00. The van der Waals surface area contributed by atoms with Crippen molar-refractivity contribution < 1.29 is 15.3 Å². The molecular formula is C6H14N2O3. The van der Waals surface area contributed by atoms with E-state index in [-0.39, 0.29) is 19.2 Å². The third-order valence-corrected chi connectivity index (χ3v) is 2.05. The van der Waals surface area contributed by atoms with Crippen molar-refractivity contribution in [3.63, 3.8) is 0 Å². The average molecular weight is 162 g/mol. The molecule has 1 fully saturated rings. The van der Waals surface area contributed by atoms with Gasteiger partial charge in [-0.2, -0.15) is 0 Å². The third-order valence-electron chi connectivity index (χ3n) is 2.05. The summed E-state index contributed by atoms with van der Waals surface area (Å²) in [6.45, 7) is 0.0729. The van der Waals surface area contributed by atoms with E-state index < -0.39 is 18.2 Å². The SMILES string of the molecule is NC[C@H]1N[C@@H](CO)[C@H](O)[C@H]1O. The van der Waals surface area contributed by atoms with Crippen molar-refractivity contribution in [1.29, 1.82) is 0 Å². The predicted molar refractivity (Wildman–Crippen MR) is 38.9 cm³/mol. The molecule has 0 aromatic rings. The van der Waals surface area contributed by atoms with Gasteiger partial charge in [0.1, 0.15) is 0 Å². The van der Waals surface area contributed by atoms with Crippen LogP contribution in [0, 0.1) is 0 Å². The lowest BCUT2D eigenvalue weighted by Crippen LogP contribution is -2.40. The van der Waals surface area contributed by atoms with Gasteiger partial charge in [-0.3, -0.25) is 0 Å². The van der Waals surface area contributed by atoms with Gasteiger partial charge in [-0.05, 0) is 0 Å². The largest absolute Gasteiger partial charge is 0.395 e. The summed E-state index contributed by atoms with van der Waals surface area (Å²) in [5, 5.41) is 30.0. The molecule has 11 heavy (non-hydrogen) atoms. The molecular weight excluding hydrogens is 148 g/mol. The van der Waals surface area contributed by atoms with Crippen LogP contribution in [-0.4, -0.2) is 52.8 Å². The molecule has 1 saturated heterocycles. The number of aliphatic hydroxyl groups excluding tert-OH is 3. The zero-order valence-electron chi connectivity index (χ0n) is 6.14. The van der Waals surface area contributed by atoms with E-state index in [9.17, 15) is 10.2 Å². The zero-order chi connectivity index (χ0) is 8.43. The number of rotatable bonds is 2. The molecule has 66 valence electrons. The highest BCUT2D eigenvalue weighted by Crippen LogP contribution is 2.12. The molecule has 0 bridgehead atoms. The molecule has 4 atom stereocenters. The standard InChI is InChI=1S/C6H14N2O3/c7-1-3-5(10)6(11)4(2-9)8-3/h3-6,8-11H,1-2,7H2/t3-,4+,5+,6+/m1/s1. The van der Waals surface area contributed by atoms with E-state index in [1.807, 2.05) is 0 Å². The Balaban J connectivity index is 2.53. The first kappa shape index (κ1) is 8.89. The van der Waals surface area contributed by atoms with Gasteiger partial charge in [-0.25, -0.2) is 0 Å². The molecule has 0 spiro atoms. The highest BCUT2D eigenvalue weighted by molar-refractivity contribution is 4.98. The number of nitrogens with two attached hydrogens (primary N) is 1. The van der Waals surface area contributed by atoms with Gasteiger partial charge in [0.05, 0.1) is 24.9 Å². The Labute approximate surface area is 64.8 Å². The lowest BCUT2D eigenvalue weighted by Gasteiger charge is -2.12. The fourth-order valence-corrected chi connectivity index (χ4v) is 1.32. The van der Waals surface area contributed by atoms with Crippen molar-refractivity contribution in [3.05, 3.63) is 0 Å². The summed E-state index contributed by atoms with van der Waals surface area (Å²) in [6.07, 6.45) is -1.77. The second kappa shape index (κ2) is 3.46. The van der Waals surface area contributed by atoms with Crippen LogP contribution in [0.2, 0.25) is 0 Å². The molecule has 0 amide bonds. The Morgan fingerprint density at radius 3 is 2.00 bits per heavy atom. The van der Waals surface area contributed by atoms with Crippen LogP contribution in [0.3, 0.4) is 0 Å². The quantitative estimate of drug-likeness (QED) is 0.298. The van der Waals surface area contributed by atoms with Crippen molar-refractivity contribution in [2.75, 3.05) is 13.2 Å². The van der Waals surface area contributed by atoms with Crippen LogP contribution >= 0.6 is 0 Å². The molecule has 1 aliphatic rings. The summed E-state index contributed by atoms with van der Waals surface area (Å²) in [7, 11) is 0. The first-order valence-corrected chi connectivity index (χ1v) is 3.63. The summed E-state index contributed by atoms with van der Waals surface area (Å²) >= 11 is 0. The van der Waals surface area contributed by atoms with Crippen molar-refractivity contribution in [3.8, 4) is 0 Å². The third kappa shape index (κ3) is 1.52. The molecule has 5 nitrogen and oxygen atoms in total. The lowest BCUT2D eigenvalue weighted by molar-refractivity contribution is 0.0205. The number of hydrogen-bond donors (Lipinski definition) is 5. The van der Waals surface area contributed by atoms with Crippen LogP contribution in [-0.2, 0) is 0 Å². The van der Waals surface area contributed by atoms with Crippen LogP contribution < -0.4 is 11.1 Å². The molecule has 0 saturated carbocycles. The van der Waals surface area contributed by atoms with Gasteiger partial charge in [0.2, 0.25) is 0 Å². The van der Waals surface area contributed by atoms with Crippen molar-refractivity contribution in [2.45, 2.75) is 24.3 Å². The number of nitrogens with one attached hydrogen (secondary N) is 1. The maximum absolute atomic E-state index is 9.26. The van der Waals surface area contributed by atoms with Gasteiger partial charge in [0, 0.05) is 12.6 Å². The van der Waals surface area contributed by atoms with Crippen LogP contribution in [0.15, 0.2) is 0 Å². The summed E-state index contributed by atoms with van der Waals surface area (Å²) in [5.41, 5.74) is 5.29. The first-order valence-electron chi connectivity index (χ1n) is 3.63. The van der Waals surface area contributed by atoms with E-state index in [1.54, 1.807) is 0 Å². The average Bonchev–Trinajstić information content (AvgIpc) is 2.30. The molecule has 0 aliphatic carbocycles. The van der Waals surface area contributed by atoms with Crippen LogP contribution in [0.25, 0.3) is 0 Å². The molecule has 1 aliphatic heterocycles.